The van der Waals surface area contributed by atoms with Crippen LogP contribution in [0.5, 0.6) is 0 Å². The first-order valence-corrected chi connectivity index (χ1v) is 9.60. The van der Waals surface area contributed by atoms with Crippen LogP contribution >= 0.6 is 11.6 Å². The number of ether oxygens (including phenoxy) is 1. The Morgan fingerprint density at radius 1 is 1.33 bits per heavy atom. The summed E-state index contributed by atoms with van der Waals surface area (Å²) in [5.41, 5.74) is -0.247. The summed E-state index contributed by atoms with van der Waals surface area (Å²) in [4.78, 5) is 0.0746. The number of hydrogen-bond donors (Lipinski definition) is 0. The van der Waals surface area contributed by atoms with Crippen LogP contribution in [0.1, 0.15) is 40.5 Å². The van der Waals surface area contributed by atoms with E-state index in [-0.39, 0.29) is 28.0 Å². The summed E-state index contributed by atoms with van der Waals surface area (Å²) in [7, 11) is -3.96. The van der Waals surface area contributed by atoms with Crippen molar-refractivity contribution in [3.05, 3.63) is 46.1 Å². The van der Waals surface area contributed by atoms with E-state index in [4.69, 9.17) is 16.3 Å². The molecule has 2 rings (SSSR count). The van der Waals surface area contributed by atoms with Gasteiger partial charge in [-0.25, -0.2) is 17.2 Å². The van der Waals surface area contributed by atoms with Crippen LogP contribution in [0.4, 0.5) is 8.78 Å². The number of halogens is 3. The van der Waals surface area contributed by atoms with E-state index in [9.17, 15) is 17.2 Å². The Balaban J connectivity index is 2.66. The van der Waals surface area contributed by atoms with Crippen LogP contribution in [0.15, 0.2) is 46.1 Å². The molecule has 0 amide bonds. The molecule has 1 aliphatic heterocycles. The van der Waals surface area contributed by atoms with Gasteiger partial charge in [0.1, 0.15) is 16.4 Å². The molecule has 24 heavy (non-hydrogen) atoms. The van der Waals surface area contributed by atoms with Crippen LogP contribution in [0.3, 0.4) is 0 Å². The Bertz CT molecular complexity index is 757. The SMILES string of the molecule is C/C(F)=C1/OC(C)CC(C)(S(=O)(=O)C2=CCC(Cl)C=C2)/C1=C(/C)F. The van der Waals surface area contributed by atoms with Crippen LogP contribution in [0.25, 0.3) is 0 Å². The number of hydrogen-bond acceptors (Lipinski definition) is 3. The Labute approximate surface area is 146 Å². The molecule has 3 atom stereocenters. The summed E-state index contributed by atoms with van der Waals surface area (Å²) in [5.74, 6) is -1.84. The first-order chi connectivity index (χ1) is 11.0. The molecule has 1 heterocycles. The first-order valence-electron chi connectivity index (χ1n) is 7.68. The summed E-state index contributed by atoms with van der Waals surface area (Å²) in [5, 5.41) is -0.271. The normalized spacial score (nSPS) is 35.2. The van der Waals surface area contributed by atoms with Crippen LogP contribution in [-0.2, 0) is 14.6 Å². The molecule has 7 heteroatoms. The summed E-state index contributed by atoms with van der Waals surface area (Å²) < 4.78 is 58.4. The van der Waals surface area contributed by atoms with Crippen LogP contribution in [-0.4, -0.2) is 24.6 Å². The summed E-state index contributed by atoms with van der Waals surface area (Å²) in [6.45, 7) is 5.30. The zero-order chi connectivity index (χ0) is 18.3. The van der Waals surface area contributed by atoms with E-state index in [2.05, 4.69) is 0 Å². The van der Waals surface area contributed by atoms with Crippen molar-refractivity contribution >= 4 is 21.4 Å². The molecule has 0 radical (unpaired) electrons. The first kappa shape index (κ1) is 19.2. The highest BCUT2D eigenvalue weighted by Gasteiger charge is 2.52. The summed E-state index contributed by atoms with van der Waals surface area (Å²) in [6.07, 6.45) is 4.37. The minimum absolute atomic E-state index is 0.0260. The highest BCUT2D eigenvalue weighted by molar-refractivity contribution is 7.97. The molecule has 0 aromatic rings. The molecular formula is C17H21ClF2O3S. The smallest absolute Gasteiger partial charge is 0.188 e. The van der Waals surface area contributed by atoms with Crippen molar-refractivity contribution in [2.45, 2.75) is 56.8 Å². The van der Waals surface area contributed by atoms with Crippen molar-refractivity contribution in [2.24, 2.45) is 0 Å². The highest BCUT2D eigenvalue weighted by Crippen LogP contribution is 2.47. The van der Waals surface area contributed by atoms with Gasteiger partial charge in [0.15, 0.2) is 15.6 Å². The van der Waals surface area contributed by atoms with Gasteiger partial charge in [-0.1, -0.05) is 12.2 Å². The summed E-state index contributed by atoms with van der Waals surface area (Å²) >= 11 is 5.95. The lowest BCUT2D eigenvalue weighted by Crippen LogP contribution is -2.46. The average molecular weight is 379 g/mol. The highest BCUT2D eigenvalue weighted by atomic mass is 35.5. The molecule has 3 nitrogen and oxygen atoms in total. The Kier molecular flexibility index (Phi) is 5.31. The quantitative estimate of drug-likeness (QED) is 0.644. The molecule has 2 aliphatic rings. The standard InChI is InChI=1S/C17H21ClF2O3S/c1-10-9-17(4,15(11(2)19)16(23-10)12(3)20)24(21,22)14-7-5-13(18)6-8-14/h5,7-8,10,13H,6,9H2,1-4H3/b15-11-,16-12-. The second kappa shape index (κ2) is 6.64. The maximum atomic E-state index is 14.3. The van der Waals surface area contributed by atoms with Gasteiger partial charge in [0, 0.05) is 12.0 Å². The molecule has 1 aliphatic carbocycles. The fraction of sp³-hybridized carbons (Fsp3) is 0.529. The largest absolute Gasteiger partial charge is 0.488 e. The number of alkyl halides is 1. The Morgan fingerprint density at radius 2 is 1.96 bits per heavy atom. The maximum absolute atomic E-state index is 14.3. The predicted octanol–water partition coefficient (Wildman–Crippen LogP) is 4.86. The number of sulfone groups is 1. The van der Waals surface area contributed by atoms with Crippen LogP contribution in [0.2, 0.25) is 0 Å². The monoisotopic (exact) mass is 378 g/mol. The molecule has 0 N–H and O–H groups in total. The van der Waals surface area contributed by atoms with Gasteiger partial charge < -0.3 is 4.74 Å². The van der Waals surface area contributed by atoms with E-state index in [1.165, 1.54) is 19.1 Å². The van der Waals surface area contributed by atoms with Gasteiger partial charge in [0.05, 0.1) is 16.4 Å². The third-order valence-corrected chi connectivity index (χ3v) is 7.13. The minimum atomic E-state index is -3.96. The van der Waals surface area contributed by atoms with Crippen molar-refractivity contribution in [1.29, 1.82) is 0 Å². The van der Waals surface area contributed by atoms with Gasteiger partial charge in [0.2, 0.25) is 0 Å². The molecule has 0 saturated carbocycles. The lowest BCUT2D eigenvalue weighted by atomic mass is 9.88. The van der Waals surface area contributed by atoms with Gasteiger partial charge >= 0.3 is 0 Å². The van der Waals surface area contributed by atoms with E-state index in [0.29, 0.717) is 6.42 Å². The molecule has 0 aromatic heterocycles. The van der Waals surface area contributed by atoms with Crippen LogP contribution < -0.4 is 0 Å². The second-order valence-corrected chi connectivity index (χ2v) is 9.30. The van der Waals surface area contributed by atoms with E-state index in [0.717, 1.165) is 13.8 Å². The van der Waals surface area contributed by atoms with Gasteiger partial charge in [-0.3, -0.25) is 0 Å². The van der Waals surface area contributed by atoms with Crippen molar-refractivity contribution in [3.63, 3.8) is 0 Å². The summed E-state index contributed by atoms with van der Waals surface area (Å²) in [6, 6.07) is 0. The fourth-order valence-electron chi connectivity index (χ4n) is 3.24. The zero-order valence-corrected chi connectivity index (χ0v) is 15.6. The van der Waals surface area contributed by atoms with E-state index in [1.807, 2.05) is 0 Å². The van der Waals surface area contributed by atoms with Gasteiger partial charge in [0.25, 0.3) is 0 Å². The van der Waals surface area contributed by atoms with E-state index >= 15 is 0 Å². The zero-order valence-electron chi connectivity index (χ0n) is 14.1. The van der Waals surface area contributed by atoms with E-state index < -0.39 is 32.3 Å². The van der Waals surface area contributed by atoms with Crippen molar-refractivity contribution in [1.82, 2.24) is 0 Å². The van der Waals surface area contributed by atoms with E-state index in [1.54, 1.807) is 13.0 Å². The Morgan fingerprint density at radius 3 is 2.42 bits per heavy atom. The fourth-order valence-corrected chi connectivity index (χ4v) is 5.46. The third kappa shape index (κ3) is 3.18. The molecule has 3 unspecified atom stereocenters. The van der Waals surface area contributed by atoms with Gasteiger partial charge in [-0.15, -0.1) is 11.6 Å². The predicted molar refractivity (Wildman–Crippen MR) is 91.6 cm³/mol. The van der Waals surface area contributed by atoms with Gasteiger partial charge in [-0.2, -0.15) is 0 Å². The van der Waals surface area contributed by atoms with Crippen molar-refractivity contribution < 1.29 is 21.9 Å². The van der Waals surface area contributed by atoms with Crippen molar-refractivity contribution in [2.75, 3.05) is 0 Å². The average Bonchev–Trinajstić information content (AvgIpc) is 2.46. The number of rotatable bonds is 2. The van der Waals surface area contributed by atoms with Gasteiger partial charge in [-0.05, 0) is 40.2 Å². The molecule has 1 fully saturated rings. The lowest BCUT2D eigenvalue weighted by Gasteiger charge is -2.40. The minimum Gasteiger partial charge on any atom is -0.488 e. The maximum Gasteiger partial charge on any atom is 0.188 e. The van der Waals surface area contributed by atoms with Crippen LogP contribution in [0, 0.1) is 0 Å². The molecule has 0 aromatic carbocycles. The second-order valence-electron chi connectivity index (χ2n) is 6.36. The van der Waals surface area contributed by atoms with Crippen molar-refractivity contribution in [3.8, 4) is 0 Å². The lowest BCUT2D eigenvalue weighted by molar-refractivity contribution is 0.0894. The molecule has 0 bridgehead atoms. The molecule has 134 valence electrons. The topological polar surface area (TPSA) is 43.4 Å². The molecular weight excluding hydrogens is 358 g/mol. The third-order valence-electron chi connectivity index (χ3n) is 4.33. The number of allylic oxidation sites excluding steroid dienone is 6. The molecule has 1 saturated heterocycles. The molecule has 0 spiro atoms. The Hall–Kier alpha value is -1.14.